The van der Waals surface area contributed by atoms with E-state index in [4.69, 9.17) is 14.2 Å². The number of rotatable bonds is 0. The second-order valence-electron chi connectivity index (χ2n) is 4.29. The van der Waals surface area contributed by atoms with E-state index in [9.17, 15) is 10.2 Å². The van der Waals surface area contributed by atoms with Crippen LogP contribution >= 0.6 is 0 Å². The first-order valence-electron chi connectivity index (χ1n) is 4.78. The molecule has 5 heteroatoms. The van der Waals surface area contributed by atoms with Crippen molar-refractivity contribution in [2.75, 3.05) is 0 Å². The lowest BCUT2D eigenvalue weighted by Gasteiger charge is -2.36. The number of aliphatic hydroxyl groups excluding tert-OH is 2. The maximum atomic E-state index is 9.62. The number of aliphatic hydroxyl groups is 2. The molecule has 0 amide bonds. The third kappa shape index (κ3) is 1.55. The minimum Gasteiger partial charge on any atom is -0.385 e. The van der Waals surface area contributed by atoms with Crippen LogP contribution in [0, 0.1) is 0 Å². The second kappa shape index (κ2) is 3.15. The highest BCUT2D eigenvalue weighted by molar-refractivity contribution is 4.94. The molecule has 2 rings (SSSR count). The molecule has 2 aliphatic heterocycles. The molecule has 5 atom stereocenters. The Kier molecular flexibility index (Phi) is 2.32. The molecule has 5 nitrogen and oxygen atoms in total. The zero-order valence-corrected chi connectivity index (χ0v) is 8.51. The largest absolute Gasteiger partial charge is 0.385 e. The SMILES string of the molecule is C[C@@H]1OC(O)[C@@H](O)[C@@H]2OC(C)(C)O[C@@H]21. The summed E-state index contributed by atoms with van der Waals surface area (Å²) in [5, 5.41) is 19.0. The quantitative estimate of drug-likeness (QED) is 0.562. The van der Waals surface area contributed by atoms with Gasteiger partial charge in [-0.3, -0.25) is 0 Å². The molecule has 14 heavy (non-hydrogen) atoms. The van der Waals surface area contributed by atoms with Gasteiger partial charge >= 0.3 is 0 Å². The summed E-state index contributed by atoms with van der Waals surface area (Å²) in [5.41, 5.74) is 0. The maximum absolute atomic E-state index is 9.62. The minimum atomic E-state index is -1.19. The Morgan fingerprint density at radius 3 is 2.29 bits per heavy atom. The van der Waals surface area contributed by atoms with Gasteiger partial charge in [-0.25, -0.2) is 0 Å². The molecule has 1 unspecified atom stereocenters. The smallest absolute Gasteiger partial charge is 0.183 e. The highest BCUT2D eigenvalue weighted by Gasteiger charge is 2.53. The van der Waals surface area contributed by atoms with E-state index in [0.29, 0.717) is 0 Å². The summed E-state index contributed by atoms with van der Waals surface area (Å²) in [6.45, 7) is 5.34. The van der Waals surface area contributed by atoms with E-state index >= 15 is 0 Å². The van der Waals surface area contributed by atoms with Gasteiger partial charge in [-0.2, -0.15) is 0 Å². The molecule has 2 saturated heterocycles. The van der Waals surface area contributed by atoms with Crippen LogP contribution in [0.5, 0.6) is 0 Å². The average Bonchev–Trinajstić information content (AvgIpc) is 2.38. The molecule has 0 aliphatic carbocycles. The lowest BCUT2D eigenvalue weighted by molar-refractivity contribution is -0.255. The Morgan fingerprint density at radius 1 is 1.07 bits per heavy atom. The molecule has 2 N–H and O–H groups in total. The van der Waals surface area contributed by atoms with Crippen LogP contribution in [0.2, 0.25) is 0 Å². The summed E-state index contributed by atoms with van der Waals surface area (Å²) in [6.07, 6.45) is -3.34. The molecule has 0 aromatic rings. The van der Waals surface area contributed by atoms with Gasteiger partial charge in [0, 0.05) is 0 Å². The molecule has 82 valence electrons. The van der Waals surface area contributed by atoms with Gasteiger partial charge in [0.1, 0.15) is 18.3 Å². The molecule has 0 aromatic carbocycles. The highest BCUT2D eigenvalue weighted by Crippen LogP contribution is 2.36. The lowest BCUT2D eigenvalue weighted by Crippen LogP contribution is -2.55. The van der Waals surface area contributed by atoms with Crippen molar-refractivity contribution in [1.82, 2.24) is 0 Å². The minimum absolute atomic E-state index is 0.278. The third-order valence-corrected chi connectivity index (χ3v) is 2.61. The van der Waals surface area contributed by atoms with E-state index < -0.39 is 24.3 Å². The molecule has 0 saturated carbocycles. The summed E-state index contributed by atoms with van der Waals surface area (Å²) in [4.78, 5) is 0. The van der Waals surface area contributed by atoms with Crippen LogP contribution in [0.15, 0.2) is 0 Å². The van der Waals surface area contributed by atoms with Crippen molar-refractivity contribution in [1.29, 1.82) is 0 Å². The van der Waals surface area contributed by atoms with E-state index in [2.05, 4.69) is 0 Å². The van der Waals surface area contributed by atoms with Gasteiger partial charge in [-0.05, 0) is 20.8 Å². The third-order valence-electron chi connectivity index (χ3n) is 2.61. The molecule has 2 aliphatic rings. The second-order valence-corrected chi connectivity index (χ2v) is 4.29. The van der Waals surface area contributed by atoms with Crippen molar-refractivity contribution < 1.29 is 24.4 Å². The van der Waals surface area contributed by atoms with Crippen LogP contribution in [0.3, 0.4) is 0 Å². The van der Waals surface area contributed by atoms with Gasteiger partial charge in [-0.15, -0.1) is 0 Å². The molecule has 2 heterocycles. The first-order valence-corrected chi connectivity index (χ1v) is 4.78. The van der Waals surface area contributed by atoms with Crippen LogP contribution in [0.25, 0.3) is 0 Å². The summed E-state index contributed by atoms with van der Waals surface area (Å²) in [6, 6.07) is 0. The Labute approximate surface area is 82.6 Å². The zero-order valence-electron chi connectivity index (χ0n) is 8.51. The van der Waals surface area contributed by atoms with Gasteiger partial charge in [-0.1, -0.05) is 0 Å². The van der Waals surface area contributed by atoms with Crippen molar-refractivity contribution in [3.63, 3.8) is 0 Å². The van der Waals surface area contributed by atoms with E-state index in [0.717, 1.165) is 0 Å². The highest BCUT2D eigenvalue weighted by atomic mass is 16.8. The molecular weight excluding hydrogens is 188 g/mol. The molecule has 0 aromatic heterocycles. The van der Waals surface area contributed by atoms with Crippen LogP contribution in [0.4, 0.5) is 0 Å². The Hall–Kier alpha value is -0.200. The van der Waals surface area contributed by atoms with Crippen molar-refractivity contribution in [2.24, 2.45) is 0 Å². The summed E-state index contributed by atoms with van der Waals surface area (Å²) in [7, 11) is 0. The van der Waals surface area contributed by atoms with Gasteiger partial charge in [0.25, 0.3) is 0 Å². The number of fused-ring (bicyclic) bond motifs is 1. The lowest BCUT2D eigenvalue weighted by atomic mass is 10.0. The van der Waals surface area contributed by atoms with Crippen molar-refractivity contribution in [3.8, 4) is 0 Å². The van der Waals surface area contributed by atoms with E-state index in [1.54, 1.807) is 20.8 Å². The van der Waals surface area contributed by atoms with Crippen LogP contribution < -0.4 is 0 Å². The monoisotopic (exact) mass is 204 g/mol. The predicted molar refractivity (Wildman–Crippen MR) is 46.4 cm³/mol. The number of hydrogen-bond donors (Lipinski definition) is 2. The predicted octanol–water partition coefficient (Wildman–Crippen LogP) is -0.396. The molecule has 0 bridgehead atoms. The fourth-order valence-corrected chi connectivity index (χ4v) is 1.98. The topological polar surface area (TPSA) is 68.2 Å². The van der Waals surface area contributed by atoms with Gasteiger partial charge < -0.3 is 24.4 Å². The first kappa shape index (κ1) is 10.3. The Bertz CT molecular complexity index is 229. The number of ether oxygens (including phenoxy) is 3. The fourth-order valence-electron chi connectivity index (χ4n) is 1.98. The molecule has 2 fully saturated rings. The van der Waals surface area contributed by atoms with Crippen LogP contribution in [-0.2, 0) is 14.2 Å². The van der Waals surface area contributed by atoms with E-state index in [1.807, 2.05) is 0 Å². The zero-order chi connectivity index (χ0) is 10.5. The Balaban J connectivity index is 2.18. The van der Waals surface area contributed by atoms with Gasteiger partial charge in [0.2, 0.25) is 0 Å². The normalized spacial score (nSPS) is 51.6. The van der Waals surface area contributed by atoms with Crippen molar-refractivity contribution in [3.05, 3.63) is 0 Å². The molecular formula is C9H16O5. The maximum Gasteiger partial charge on any atom is 0.183 e. The van der Waals surface area contributed by atoms with Gasteiger partial charge in [0.15, 0.2) is 12.1 Å². The van der Waals surface area contributed by atoms with Crippen molar-refractivity contribution >= 4 is 0 Å². The van der Waals surface area contributed by atoms with Crippen LogP contribution in [-0.4, -0.2) is 46.7 Å². The molecule has 0 spiro atoms. The van der Waals surface area contributed by atoms with Gasteiger partial charge in [0.05, 0.1) is 6.10 Å². The van der Waals surface area contributed by atoms with Crippen LogP contribution in [0.1, 0.15) is 20.8 Å². The molecule has 0 radical (unpaired) electrons. The summed E-state index contributed by atoms with van der Waals surface area (Å²) >= 11 is 0. The van der Waals surface area contributed by atoms with E-state index in [-0.39, 0.29) is 12.2 Å². The standard InChI is InChI=1S/C9H16O5/c1-4-6-7(5(10)8(11)12-4)14-9(2,3)13-6/h4-8,10-11H,1-3H3/t4-,5-,6+,7-,8?/m0/s1. The van der Waals surface area contributed by atoms with E-state index in [1.165, 1.54) is 0 Å². The average molecular weight is 204 g/mol. The fraction of sp³-hybridized carbons (Fsp3) is 1.00. The number of hydrogen-bond acceptors (Lipinski definition) is 5. The first-order chi connectivity index (χ1) is 6.41. The van der Waals surface area contributed by atoms with Crippen molar-refractivity contribution in [2.45, 2.75) is 57.3 Å². The summed E-state index contributed by atoms with van der Waals surface area (Å²) in [5.74, 6) is -0.724. The summed E-state index contributed by atoms with van der Waals surface area (Å²) < 4.78 is 16.2. The Morgan fingerprint density at radius 2 is 1.64 bits per heavy atom.